The van der Waals surface area contributed by atoms with Gasteiger partial charge in [-0.05, 0) is 39.5 Å². The Bertz CT molecular complexity index is 838. The normalized spacial score (nSPS) is 12.9. The van der Waals surface area contributed by atoms with Gasteiger partial charge in [-0.3, -0.25) is 4.99 Å². The minimum atomic E-state index is -0.985. The highest BCUT2D eigenvalue weighted by atomic mass is 32.3. The Morgan fingerprint density at radius 2 is 1.90 bits per heavy atom. The minimum absolute atomic E-state index is 0.186. The van der Waals surface area contributed by atoms with E-state index in [-0.39, 0.29) is 15.6 Å². The molecule has 1 aromatic carbocycles. The average molecular weight is 451 g/mol. The minimum Gasteiger partial charge on any atom is -0.478 e. The number of aliphatic carboxylic acids is 1. The zero-order valence-corrected chi connectivity index (χ0v) is 20.5. The maximum Gasteiger partial charge on any atom is 0.337 e. The van der Waals surface area contributed by atoms with Crippen LogP contribution in [0.4, 0.5) is 0 Å². The Hall–Kier alpha value is -1.96. The molecule has 7 heteroatoms. The molecule has 2 rings (SSSR count). The van der Waals surface area contributed by atoms with Crippen LogP contribution in [0.3, 0.4) is 0 Å². The molecule has 0 aliphatic carbocycles. The molecule has 166 valence electrons. The second-order valence-corrected chi connectivity index (χ2v) is 12.7. The summed E-state index contributed by atoms with van der Waals surface area (Å²) in [4.78, 5) is 20.2. The first kappa shape index (κ1) is 26.1. The van der Waals surface area contributed by atoms with E-state index in [0.29, 0.717) is 17.3 Å². The van der Waals surface area contributed by atoms with Crippen molar-refractivity contribution in [1.29, 1.82) is 0 Å². The third kappa shape index (κ3) is 9.24. The van der Waals surface area contributed by atoms with Gasteiger partial charge in [0, 0.05) is 29.8 Å². The van der Waals surface area contributed by atoms with Gasteiger partial charge in [0.2, 0.25) is 0 Å². The van der Waals surface area contributed by atoms with Crippen LogP contribution in [0, 0.1) is 0 Å². The molecule has 0 radical (unpaired) electrons. The third-order valence-electron chi connectivity index (χ3n) is 3.91. The van der Waals surface area contributed by atoms with Crippen molar-refractivity contribution in [1.82, 2.24) is 4.98 Å². The summed E-state index contributed by atoms with van der Waals surface area (Å²) in [5, 5.41) is 11.8. The van der Waals surface area contributed by atoms with Crippen molar-refractivity contribution in [2.75, 3.05) is 44.3 Å². The third-order valence-corrected chi connectivity index (χ3v) is 6.15. The number of thiazole rings is 1. The summed E-state index contributed by atoms with van der Waals surface area (Å²) in [6.45, 7) is 7.92. The average Bonchev–Trinajstić information content (AvgIpc) is 3.18. The molecule has 0 spiro atoms. The summed E-state index contributed by atoms with van der Waals surface area (Å²) >= 11 is 1.41. The summed E-state index contributed by atoms with van der Waals surface area (Å²) in [6, 6.07) is 9.80. The molecule has 0 saturated carbocycles. The number of rotatable bonds is 9. The van der Waals surface area contributed by atoms with E-state index in [1.165, 1.54) is 17.1 Å². The van der Waals surface area contributed by atoms with Crippen molar-refractivity contribution in [2.45, 2.75) is 20.8 Å². The zero-order valence-electron chi connectivity index (χ0n) is 18.8. The number of allylic oxidation sites excluding steroid dienone is 1. The van der Waals surface area contributed by atoms with E-state index in [1.807, 2.05) is 49.6 Å². The van der Waals surface area contributed by atoms with Crippen LogP contribution in [0.1, 0.15) is 25.8 Å². The highest BCUT2D eigenvalue weighted by Crippen LogP contribution is 2.33. The molecule has 0 unspecified atom stereocenters. The molecule has 5 nitrogen and oxygen atoms in total. The van der Waals surface area contributed by atoms with Crippen molar-refractivity contribution in [3.63, 3.8) is 0 Å². The molecule has 0 fully saturated rings. The van der Waals surface area contributed by atoms with Crippen molar-refractivity contribution >= 4 is 33.0 Å². The topological polar surface area (TPSA) is 71.8 Å². The fourth-order valence-corrected chi connectivity index (χ4v) is 3.83. The number of nitrogens with zero attached hydrogens (tertiary/aromatic N) is 2. The predicted molar refractivity (Wildman–Crippen MR) is 133 cm³/mol. The van der Waals surface area contributed by atoms with Crippen LogP contribution in [0.5, 0.6) is 0 Å². The molecule has 2 aromatic rings. The van der Waals surface area contributed by atoms with E-state index in [9.17, 15) is 9.90 Å². The van der Waals surface area contributed by atoms with Gasteiger partial charge in [-0.1, -0.05) is 36.4 Å². The van der Waals surface area contributed by atoms with Crippen LogP contribution < -0.4 is 0 Å². The highest BCUT2D eigenvalue weighted by Gasteiger charge is 2.19. The fraction of sp³-hybridized carbons (Fsp3) is 0.435. The molecule has 0 saturated heterocycles. The van der Waals surface area contributed by atoms with E-state index in [1.54, 1.807) is 13.0 Å². The van der Waals surface area contributed by atoms with Crippen molar-refractivity contribution < 1.29 is 14.6 Å². The Morgan fingerprint density at radius 1 is 1.23 bits per heavy atom. The first-order valence-electron chi connectivity index (χ1n) is 9.92. The lowest BCUT2D eigenvalue weighted by Crippen LogP contribution is -2.14. The van der Waals surface area contributed by atoms with Crippen molar-refractivity contribution in [3.8, 4) is 11.3 Å². The summed E-state index contributed by atoms with van der Waals surface area (Å²) in [5.41, 5.74) is 2.47. The highest BCUT2D eigenvalue weighted by molar-refractivity contribution is 8.32. The second-order valence-electron chi connectivity index (χ2n) is 7.23. The Morgan fingerprint density at radius 3 is 2.40 bits per heavy atom. The van der Waals surface area contributed by atoms with Gasteiger partial charge in [0.05, 0.1) is 17.9 Å². The molecule has 0 atom stereocenters. The molecule has 1 aromatic heterocycles. The molecule has 0 amide bonds. The van der Waals surface area contributed by atoms with E-state index in [0.717, 1.165) is 24.5 Å². The summed E-state index contributed by atoms with van der Waals surface area (Å²) < 4.78 is 5.23. The molecule has 0 aliphatic rings. The number of ether oxygens (including phenoxy) is 1. The summed E-state index contributed by atoms with van der Waals surface area (Å²) in [6.07, 6.45) is 8.49. The molecular weight excluding hydrogens is 416 g/mol. The molecule has 30 heavy (non-hydrogen) atoms. The molecular formula is C23H34N2O3S2. The van der Waals surface area contributed by atoms with Gasteiger partial charge in [0.25, 0.3) is 0 Å². The van der Waals surface area contributed by atoms with Crippen molar-refractivity contribution in [2.24, 2.45) is 4.99 Å². The van der Waals surface area contributed by atoms with Gasteiger partial charge < -0.3 is 9.84 Å². The van der Waals surface area contributed by atoms with Gasteiger partial charge in [-0.25, -0.2) is 19.8 Å². The smallest absolute Gasteiger partial charge is 0.337 e. The van der Waals surface area contributed by atoms with Gasteiger partial charge in [-0.15, -0.1) is 11.3 Å². The Labute approximate surface area is 186 Å². The number of carboxylic acids is 1. The zero-order chi connectivity index (χ0) is 22.6. The van der Waals surface area contributed by atoms with Gasteiger partial charge in [-0.2, -0.15) is 0 Å². The number of carbonyl (C=O) groups is 1. The van der Waals surface area contributed by atoms with E-state index >= 15 is 0 Å². The summed E-state index contributed by atoms with van der Waals surface area (Å²) in [5.74, 6) is 0.252. The number of aromatic nitrogens is 1. The Kier molecular flexibility index (Phi) is 11.6. The van der Waals surface area contributed by atoms with E-state index in [4.69, 9.17) is 4.74 Å². The van der Waals surface area contributed by atoms with Gasteiger partial charge >= 0.3 is 5.97 Å². The van der Waals surface area contributed by atoms with Crippen LogP contribution in [-0.4, -0.2) is 66.1 Å². The largest absolute Gasteiger partial charge is 0.478 e. The number of hydrogen-bond acceptors (Lipinski definition) is 5. The monoisotopic (exact) mass is 450 g/mol. The maximum absolute atomic E-state index is 11.3. The summed E-state index contributed by atoms with van der Waals surface area (Å²) in [7, 11) is -0.321. The van der Waals surface area contributed by atoms with E-state index < -0.39 is 5.97 Å². The number of hydrogen-bond donors (Lipinski definition) is 1. The second kappa shape index (κ2) is 13.4. The number of carboxylic acid groups (broad SMARTS) is 1. The van der Waals surface area contributed by atoms with Crippen LogP contribution in [-0.2, 0) is 9.53 Å². The fourth-order valence-electron chi connectivity index (χ4n) is 2.36. The van der Waals surface area contributed by atoms with Crippen LogP contribution >= 0.6 is 21.4 Å². The first-order valence-corrected chi connectivity index (χ1v) is 13.8. The predicted octanol–water partition coefficient (Wildman–Crippen LogP) is 5.37. The molecule has 0 aliphatic heterocycles. The van der Waals surface area contributed by atoms with Gasteiger partial charge in [0.1, 0.15) is 10.7 Å². The van der Waals surface area contributed by atoms with Crippen LogP contribution in [0.15, 0.2) is 52.4 Å². The van der Waals surface area contributed by atoms with Gasteiger partial charge in [0.15, 0.2) is 0 Å². The first-order chi connectivity index (χ1) is 14.2. The SMILES string of the molecule is C/C=C(/C(=O)O)C(=NCC)c1nc(-c2ccccc2)cs1.CCOCCS(C)(C)C. The molecule has 1 N–H and O–H groups in total. The molecule has 1 heterocycles. The quantitative estimate of drug-likeness (QED) is 0.317. The lowest BCUT2D eigenvalue weighted by atomic mass is 10.1. The van der Waals surface area contributed by atoms with Crippen molar-refractivity contribution in [3.05, 3.63) is 52.4 Å². The number of aliphatic imine (C=N–C) groups is 1. The standard InChI is InChI=1S/C16H16N2O2S.C7H18OS/c1-3-12(16(19)20)14(17-4-2)15-18-13(10-21-15)11-8-6-5-7-9-11;1-5-8-6-7-9(2,3)4/h3,5-10H,4H2,1-2H3,(H,19,20);5-7H2,1-4H3/b12-3+,17-14?;. The lowest BCUT2D eigenvalue weighted by molar-refractivity contribution is -0.132. The lowest BCUT2D eigenvalue weighted by Gasteiger charge is -2.24. The van der Waals surface area contributed by atoms with Crippen LogP contribution in [0.25, 0.3) is 11.3 Å². The number of benzene rings is 1. The maximum atomic E-state index is 11.3. The molecule has 0 bridgehead atoms. The van der Waals surface area contributed by atoms with E-state index in [2.05, 4.69) is 28.7 Å². The Balaban J connectivity index is 0.000000424. The van der Waals surface area contributed by atoms with Crippen LogP contribution in [0.2, 0.25) is 0 Å².